The van der Waals surface area contributed by atoms with Crippen LogP contribution < -0.4 is 18.9 Å². The van der Waals surface area contributed by atoms with Gasteiger partial charge in [-0.1, -0.05) is 53.7 Å². The van der Waals surface area contributed by atoms with Gasteiger partial charge in [-0.25, -0.2) is 0 Å². The summed E-state index contributed by atoms with van der Waals surface area (Å²) < 4.78 is 35.3. The lowest BCUT2D eigenvalue weighted by atomic mass is 9.79. The Balaban J connectivity index is 1.43. The SMILES string of the molecule is COc1ccc(C2OCC2(C)C)cc1OCC(C)(C)COc1cc(C2OCC2(C)C)ccc1OC. The summed E-state index contributed by atoms with van der Waals surface area (Å²) in [6.45, 7) is 15.6. The van der Waals surface area contributed by atoms with Crippen LogP contribution >= 0.6 is 0 Å². The van der Waals surface area contributed by atoms with Crippen molar-refractivity contribution in [2.45, 2.75) is 53.8 Å². The number of rotatable bonds is 10. The van der Waals surface area contributed by atoms with Gasteiger partial charge in [0.05, 0.1) is 52.9 Å². The van der Waals surface area contributed by atoms with E-state index in [2.05, 4.69) is 53.7 Å². The molecule has 0 N–H and O–H groups in total. The van der Waals surface area contributed by atoms with Crippen molar-refractivity contribution in [3.8, 4) is 23.0 Å². The molecule has 2 aliphatic heterocycles. The van der Waals surface area contributed by atoms with E-state index in [4.69, 9.17) is 28.4 Å². The van der Waals surface area contributed by atoms with Gasteiger partial charge in [0.15, 0.2) is 23.0 Å². The Morgan fingerprint density at radius 2 is 1.11 bits per heavy atom. The van der Waals surface area contributed by atoms with Gasteiger partial charge in [-0.15, -0.1) is 0 Å². The fraction of sp³-hybridized carbons (Fsp3) is 0.586. The maximum absolute atomic E-state index is 6.27. The molecule has 0 aliphatic carbocycles. The third kappa shape index (κ3) is 5.39. The summed E-state index contributed by atoms with van der Waals surface area (Å²) in [6, 6.07) is 12.1. The number of hydrogen-bond donors (Lipinski definition) is 0. The van der Waals surface area contributed by atoms with Crippen LogP contribution in [0.4, 0.5) is 0 Å². The van der Waals surface area contributed by atoms with E-state index < -0.39 is 0 Å². The lowest BCUT2D eigenvalue weighted by Crippen LogP contribution is -2.40. The van der Waals surface area contributed by atoms with E-state index >= 15 is 0 Å². The molecule has 0 radical (unpaired) electrons. The van der Waals surface area contributed by atoms with Crippen LogP contribution in [-0.4, -0.2) is 40.6 Å². The maximum Gasteiger partial charge on any atom is 0.161 e. The Morgan fingerprint density at radius 1 is 0.714 bits per heavy atom. The van der Waals surface area contributed by atoms with E-state index in [-0.39, 0.29) is 28.5 Å². The van der Waals surface area contributed by atoms with Gasteiger partial charge < -0.3 is 28.4 Å². The summed E-state index contributed by atoms with van der Waals surface area (Å²) in [5, 5.41) is 0. The first-order valence-electron chi connectivity index (χ1n) is 12.3. The molecule has 2 heterocycles. The highest BCUT2D eigenvalue weighted by atomic mass is 16.5. The van der Waals surface area contributed by atoms with Crippen LogP contribution in [0, 0.1) is 16.2 Å². The van der Waals surface area contributed by atoms with Gasteiger partial charge in [-0.05, 0) is 35.4 Å². The summed E-state index contributed by atoms with van der Waals surface area (Å²) >= 11 is 0. The molecule has 6 nitrogen and oxygen atoms in total. The van der Waals surface area contributed by atoms with E-state index in [9.17, 15) is 0 Å². The summed E-state index contributed by atoms with van der Waals surface area (Å²) in [6.07, 6.45) is 0.132. The van der Waals surface area contributed by atoms with E-state index in [0.717, 1.165) is 24.3 Å². The van der Waals surface area contributed by atoms with Gasteiger partial charge in [0.2, 0.25) is 0 Å². The van der Waals surface area contributed by atoms with Crippen LogP contribution in [0.2, 0.25) is 0 Å². The van der Waals surface area contributed by atoms with E-state index in [1.165, 1.54) is 0 Å². The van der Waals surface area contributed by atoms with Gasteiger partial charge in [0.25, 0.3) is 0 Å². The van der Waals surface area contributed by atoms with Crippen molar-refractivity contribution in [1.82, 2.24) is 0 Å². The van der Waals surface area contributed by atoms with E-state index in [1.54, 1.807) is 14.2 Å². The van der Waals surface area contributed by atoms with E-state index in [1.807, 2.05) is 24.3 Å². The lowest BCUT2D eigenvalue weighted by molar-refractivity contribution is -0.172. The van der Waals surface area contributed by atoms with Crippen LogP contribution in [0.15, 0.2) is 36.4 Å². The third-order valence-electron chi connectivity index (χ3n) is 6.88. The molecule has 2 saturated heterocycles. The second-order valence-corrected chi connectivity index (χ2v) is 11.9. The molecule has 2 aromatic carbocycles. The predicted molar refractivity (Wildman–Crippen MR) is 136 cm³/mol. The highest BCUT2D eigenvalue weighted by molar-refractivity contribution is 5.45. The van der Waals surface area contributed by atoms with Crippen molar-refractivity contribution >= 4 is 0 Å². The van der Waals surface area contributed by atoms with Crippen molar-refractivity contribution < 1.29 is 28.4 Å². The summed E-state index contributed by atoms with van der Waals surface area (Å²) in [7, 11) is 3.32. The maximum atomic E-state index is 6.27. The molecule has 35 heavy (non-hydrogen) atoms. The standard InChI is InChI=1S/C29H40O6/c1-27(2,15-32-23-13-19(9-11-21(23)30-7)25-28(3,4)17-34-25)16-33-24-14-20(10-12-22(24)31-8)26-29(5,6)18-35-26/h9-14,25-26H,15-18H2,1-8H3. The first-order valence-corrected chi connectivity index (χ1v) is 12.3. The molecule has 0 spiro atoms. The zero-order valence-electron chi connectivity index (χ0n) is 22.4. The largest absolute Gasteiger partial charge is 0.493 e. The van der Waals surface area contributed by atoms with Crippen molar-refractivity contribution in [2.75, 3.05) is 40.6 Å². The first-order chi connectivity index (χ1) is 16.5. The van der Waals surface area contributed by atoms with Crippen molar-refractivity contribution in [2.24, 2.45) is 16.2 Å². The minimum Gasteiger partial charge on any atom is -0.493 e. The number of methoxy groups -OCH3 is 2. The average molecular weight is 485 g/mol. The third-order valence-corrected chi connectivity index (χ3v) is 6.88. The number of benzene rings is 2. The molecule has 0 saturated carbocycles. The van der Waals surface area contributed by atoms with Gasteiger partial charge >= 0.3 is 0 Å². The zero-order chi connectivity index (χ0) is 25.4. The molecule has 2 aromatic rings. The van der Waals surface area contributed by atoms with Crippen LogP contribution in [-0.2, 0) is 9.47 Å². The normalized spacial score (nSPS) is 22.5. The molecule has 2 unspecified atom stereocenters. The molecule has 2 aliphatic rings. The van der Waals surface area contributed by atoms with Crippen molar-refractivity contribution in [3.05, 3.63) is 47.5 Å². The van der Waals surface area contributed by atoms with Gasteiger partial charge in [-0.3, -0.25) is 0 Å². The van der Waals surface area contributed by atoms with Crippen LogP contribution in [0.1, 0.15) is 64.9 Å². The molecule has 192 valence electrons. The monoisotopic (exact) mass is 484 g/mol. The molecule has 0 aromatic heterocycles. The average Bonchev–Trinajstić information content (AvgIpc) is 2.80. The molecular weight excluding hydrogens is 444 g/mol. The quantitative estimate of drug-likeness (QED) is 0.390. The van der Waals surface area contributed by atoms with Crippen LogP contribution in [0.5, 0.6) is 23.0 Å². The second kappa shape index (κ2) is 9.55. The molecule has 2 fully saturated rings. The number of ether oxygens (including phenoxy) is 6. The smallest absolute Gasteiger partial charge is 0.161 e. The molecule has 2 atom stereocenters. The minimum atomic E-state index is -0.263. The molecule has 4 rings (SSSR count). The summed E-state index contributed by atoms with van der Waals surface area (Å²) in [5.74, 6) is 2.85. The fourth-order valence-electron chi connectivity index (χ4n) is 4.62. The summed E-state index contributed by atoms with van der Waals surface area (Å²) in [5.41, 5.74) is 2.18. The van der Waals surface area contributed by atoms with Crippen LogP contribution in [0.3, 0.4) is 0 Å². The van der Waals surface area contributed by atoms with Gasteiger partial charge in [0, 0.05) is 16.2 Å². The van der Waals surface area contributed by atoms with Crippen LogP contribution in [0.25, 0.3) is 0 Å². The Morgan fingerprint density at radius 3 is 1.40 bits per heavy atom. The molecule has 6 heteroatoms. The molecule has 0 bridgehead atoms. The summed E-state index contributed by atoms with van der Waals surface area (Å²) in [4.78, 5) is 0. The zero-order valence-corrected chi connectivity index (χ0v) is 22.4. The second-order valence-electron chi connectivity index (χ2n) is 11.9. The van der Waals surface area contributed by atoms with Crippen molar-refractivity contribution in [3.63, 3.8) is 0 Å². The Labute approximate surface area is 209 Å². The molecule has 0 amide bonds. The topological polar surface area (TPSA) is 55.4 Å². The highest BCUT2D eigenvalue weighted by Crippen LogP contribution is 2.48. The Hall–Kier alpha value is -2.44. The van der Waals surface area contributed by atoms with Gasteiger partial charge in [0.1, 0.15) is 0 Å². The predicted octanol–water partition coefficient (Wildman–Crippen LogP) is 6.38. The number of hydrogen-bond acceptors (Lipinski definition) is 6. The van der Waals surface area contributed by atoms with E-state index in [0.29, 0.717) is 36.2 Å². The molecular formula is C29H40O6. The highest BCUT2D eigenvalue weighted by Gasteiger charge is 2.42. The lowest BCUT2D eigenvalue weighted by Gasteiger charge is -2.44. The minimum absolute atomic E-state index is 0.0662. The first kappa shape index (κ1) is 25.6. The fourth-order valence-corrected chi connectivity index (χ4v) is 4.62. The van der Waals surface area contributed by atoms with Crippen molar-refractivity contribution in [1.29, 1.82) is 0 Å². The Kier molecular flexibility index (Phi) is 7.00. The van der Waals surface area contributed by atoms with Gasteiger partial charge in [-0.2, -0.15) is 0 Å². The Bertz CT molecular complexity index is 960.